The number of nitrogens with two attached hydrogens (primary N) is 2. The van der Waals surface area contributed by atoms with Crippen LogP contribution in [0.4, 0.5) is 16.0 Å². The summed E-state index contributed by atoms with van der Waals surface area (Å²) in [4.78, 5) is 26.3. The maximum absolute atomic E-state index is 13.8. The van der Waals surface area contributed by atoms with Crippen molar-refractivity contribution in [1.82, 2.24) is 19.9 Å². The quantitative estimate of drug-likeness (QED) is 0.477. The third-order valence-corrected chi connectivity index (χ3v) is 5.06. The SMILES string of the molecule is CCc1nc2ccc(F)cc2c(C(=O)N(C)C)c1-c1ccccc1.N#Cc1c(N)ncnc1N. The van der Waals surface area contributed by atoms with Gasteiger partial charge in [-0.05, 0) is 30.2 Å². The van der Waals surface area contributed by atoms with E-state index >= 15 is 0 Å². The third kappa shape index (κ3) is 4.91. The number of carbonyl (C=O) groups is 1. The van der Waals surface area contributed by atoms with E-state index in [9.17, 15) is 9.18 Å². The van der Waals surface area contributed by atoms with E-state index in [1.165, 1.54) is 23.4 Å². The second kappa shape index (κ2) is 10.4. The summed E-state index contributed by atoms with van der Waals surface area (Å²) < 4.78 is 13.8. The van der Waals surface area contributed by atoms with Crippen molar-refractivity contribution in [2.24, 2.45) is 0 Å². The Kier molecular flexibility index (Phi) is 7.33. The largest absolute Gasteiger partial charge is 0.382 e. The zero-order valence-electron chi connectivity index (χ0n) is 19.1. The lowest BCUT2D eigenvalue weighted by molar-refractivity contribution is 0.0830. The molecule has 2 aromatic heterocycles. The minimum atomic E-state index is -0.375. The number of carbonyl (C=O) groups excluding carboxylic acids is 1. The van der Waals surface area contributed by atoms with Crippen LogP contribution in [0.25, 0.3) is 22.0 Å². The van der Waals surface area contributed by atoms with E-state index in [4.69, 9.17) is 16.7 Å². The van der Waals surface area contributed by atoms with Crippen molar-refractivity contribution in [3.05, 3.63) is 77.5 Å². The van der Waals surface area contributed by atoms with Crippen molar-refractivity contribution in [2.45, 2.75) is 13.3 Å². The normalized spacial score (nSPS) is 10.2. The second-order valence-corrected chi connectivity index (χ2v) is 7.52. The molecule has 0 saturated carbocycles. The average molecular weight is 458 g/mol. The first-order valence-electron chi connectivity index (χ1n) is 10.4. The summed E-state index contributed by atoms with van der Waals surface area (Å²) in [5.41, 5.74) is 14.4. The highest BCUT2D eigenvalue weighted by Crippen LogP contribution is 2.33. The molecule has 0 aliphatic rings. The van der Waals surface area contributed by atoms with E-state index < -0.39 is 0 Å². The van der Waals surface area contributed by atoms with Gasteiger partial charge in [0.1, 0.15) is 35.4 Å². The molecule has 172 valence electrons. The number of hydrogen-bond acceptors (Lipinski definition) is 7. The van der Waals surface area contributed by atoms with Crippen LogP contribution < -0.4 is 11.5 Å². The van der Waals surface area contributed by atoms with Gasteiger partial charge in [0.25, 0.3) is 5.91 Å². The number of hydrogen-bond donors (Lipinski definition) is 2. The first-order chi connectivity index (χ1) is 16.3. The number of aromatic nitrogens is 3. The van der Waals surface area contributed by atoms with Crippen molar-refractivity contribution < 1.29 is 9.18 Å². The fourth-order valence-electron chi connectivity index (χ4n) is 3.43. The Hall–Kier alpha value is -4.58. The maximum atomic E-state index is 13.8. The molecule has 0 aliphatic carbocycles. The summed E-state index contributed by atoms with van der Waals surface area (Å²) in [5, 5.41) is 8.96. The first kappa shape index (κ1) is 24.1. The topological polar surface area (TPSA) is 135 Å². The smallest absolute Gasteiger partial charge is 0.254 e. The van der Waals surface area contributed by atoms with Gasteiger partial charge in [-0.2, -0.15) is 5.26 Å². The van der Waals surface area contributed by atoms with Gasteiger partial charge >= 0.3 is 0 Å². The number of halogens is 1. The van der Waals surface area contributed by atoms with E-state index in [-0.39, 0.29) is 28.9 Å². The lowest BCUT2D eigenvalue weighted by atomic mass is 9.92. The number of rotatable bonds is 3. The summed E-state index contributed by atoms with van der Waals surface area (Å²) in [7, 11) is 3.41. The van der Waals surface area contributed by atoms with Gasteiger partial charge in [-0.25, -0.2) is 14.4 Å². The van der Waals surface area contributed by atoms with E-state index in [1.54, 1.807) is 26.2 Å². The molecule has 4 rings (SSSR count). The van der Waals surface area contributed by atoms with Crippen LogP contribution in [0.2, 0.25) is 0 Å². The third-order valence-electron chi connectivity index (χ3n) is 5.06. The average Bonchev–Trinajstić information content (AvgIpc) is 2.83. The lowest BCUT2D eigenvalue weighted by Gasteiger charge is -2.19. The van der Waals surface area contributed by atoms with Gasteiger partial charge in [-0.1, -0.05) is 37.3 Å². The molecule has 4 N–H and O–H groups in total. The Morgan fingerprint density at radius 3 is 2.26 bits per heavy atom. The van der Waals surface area contributed by atoms with Gasteiger partial charge in [-0.3, -0.25) is 9.78 Å². The van der Waals surface area contributed by atoms with Gasteiger partial charge in [-0.15, -0.1) is 0 Å². The Balaban J connectivity index is 0.000000271. The number of amides is 1. The van der Waals surface area contributed by atoms with Crippen LogP contribution in [-0.4, -0.2) is 39.9 Å². The summed E-state index contributed by atoms with van der Waals surface area (Å²) in [6.45, 7) is 2.01. The highest BCUT2D eigenvalue weighted by molar-refractivity contribution is 6.11. The molecule has 9 heteroatoms. The number of pyridine rings is 1. The molecule has 1 amide bonds. The van der Waals surface area contributed by atoms with Crippen LogP contribution in [0, 0.1) is 17.1 Å². The number of fused-ring (bicyclic) bond motifs is 1. The number of nitriles is 1. The Bertz CT molecular complexity index is 1360. The van der Waals surface area contributed by atoms with Gasteiger partial charge in [0, 0.05) is 30.7 Å². The molecule has 0 spiro atoms. The first-order valence-corrected chi connectivity index (χ1v) is 10.4. The molecule has 2 heterocycles. The van der Waals surface area contributed by atoms with Crippen LogP contribution in [-0.2, 0) is 6.42 Å². The van der Waals surface area contributed by atoms with Crippen molar-refractivity contribution in [3.8, 4) is 17.2 Å². The maximum Gasteiger partial charge on any atom is 0.254 e. The summed E-state index contributed by atoms with van der Waals surface area (Å²) in [6, 6.07) is 15.9. The number of nitrogens with zero attached hydrogens (tertiary/aromatic N) is 5. The molecule has 34 heavy (non-hydrogen) atoms. The second-order valence-electron chi connectivity index (χ2n) is 7.52. The van der Waals surface area contributed by atoms with Crippen LogP contribution in [0.5, 0.6) is 0 Å². The van der Waals surface area contributed by atoms with Crippen LogP contribution in [0.1, 0.15) is 28.5 Å². The fourth-order valence-corrected chi connectivity index (χ4v) is 3.43. The van der Waals surface area contributed by atoms with Crippen molar-refractivity contribution in [3.63, 3.8) is 0 Å². The fraction of sp³-hybridized carbons (Fsp3) is 0.160. The number of aryl methyl sites for hydroxylation is 1. The molecule has 8 nitrogen and oxygen atoms in total. The van der Waals surface area contributed by atoms with E-state index in [2.05, 4.69) is 15.0 Å². The highest BCUT2D eigenvalue weighted by Gasteiger charge is 2.22. The molecule has 0 atom stereocenters. The Labute approximate surface area is 196 Å². The minimum Gasteiger partial charge on any atom is -0.382 e. The van der Waals surface area contributed by atoms with Crippen LogP contribution in [0.3, 0.4) is 0 Å². The minimum absolute atomic E-state index is 0.120. The molecule has 0 saturated heterocycles. The van der Waals surface area contributed by atoms with E-state index in [0.29, 0.717) is 22.9 Å². The summed E-state index contributed by atoms with van der Waals surface area (Å²) >= 11 is 0. The number of anilines is 2. The van der Waals surface area contributed by atoms with Gasteiger partial charge in [0.05, 0.1) is 11.1 Å². The Morgan fingerprint density at radius 1 is 1.09 bits per heavy atom. The predicted octanol–water partition coefficient (Wildman–Crippen LogP) is 3.82. The molecular weight excluding hydrogens is 433 g/mol. The van der Waals surface area contributed by atoms with Crippen molar-refractivity contribution >= 4 is 28.4 Å². The lowest BCUT2D eigenvalue weighted by Crippen LogP contribution is -2.23. The standard InChI is InChI=1S/C20H19FN2O.C5H5N5/c1-4-16-18(13-8-6-5-7-9-13)19(20(24)23(2)3)15-12-14(21)10-11-17(15)22-16;6-1-3-4(7)9-2-10-5(3)8/h5-12H,4H2,1-3H3;2H,(H4,7,8,9,10). The predicted molar refractivity (Wildman–Crippen MR) is 130 cm³/mol. The monoisotopic (exact) mass is 457 g/mol. The molecule has 4 aromatic rings. The van der Waals surface area contributed by atoms with E-state index in [0.717, 1.165) is 16.8 Å². The molecule has 0 aliphatic heterocycles. The summed E-state index contributed by atoms with van der Waals surface area (Å²) in [6.07, 6.45) is 1.90. The molecule has 0 fully saturated rings. The molecule has 0 unspecified atom stereocenters. The van der Waals surface area contributed by atoms with E-state index in [1.807, 2.05) is 37.3 Å². The van der Waals surface area contributed by atoms with Crippen LogP contribution in [0.15, 0.2) is 54.9 Å². The van der Waals surface area contributed by atoms with Gasteiger partial charge in [0.15, 0.2) is 0 Å². The molecule has 2 aromatic carbocycles. The van der Waals surface area contributed by atoms with Gasteiger partial charge < -0.3 is 16.4 Å². The number of benzene rings is 2. The number of nitrogen functional groups attached to an aromatic ring is 2. The van der Waals surface area contributed by atoms with Crippen molar-refractivity contribution in [1.29, 1.82) is 5.26 Å². The van der Waals surface area contributed by atoms with Gasteiger partial charge in [0.2, 0.25) is 0 Å². The zero-order valence-corrected chi connectivity index (χ0v) is 19.1. The summed E-state index contributed by atoms with van der Waals surface area (Å²) in [5.74, 6) is -0.285. The highest BCUT2D eigenvalue weighted by atomic mass is 19.1. The Morgan fingerprint density at radius 2 is 1.74 bits per heavy atom. The van der Waals surface area contributed by atoms with Crippen molar-refractivity contribution in [2.75, 3.05) is 25.6 Å². The molecule has 0 radical (unpaired) electrons. The molecule has 0 bridgehead atoms. The van der Waals surface area contributed by atoms with Crippen LogP contribution >= 0.6 is 0 Å². The zero-order chi connectivity index (χ0) is 24.8. The molecular formula is C25H24FN7O.